The zero-order valence-electron chi connectivity index (χ0n) is 20.6. The molecule has 2 atom stereocenters. The Morgan fingerprint density at radius 2 is 1.63 bits per heavy atom. The van der Waals surface area contributed by atoms with Crippen LogP contribution in [0.3, 0.4) is 0 Å². The van der Waals surface area contributed by atoms with Crippen LogP contribution < -0.4 is 4.90 Å². The second-order valence-electron chi connectivity index (χ2n) is 10.1. The molecule has 7 heteroatoms. The summed E-state index contributed by atoms with van der Waals surface area (Å²) in [4.78, 5) is 21.6. The molecule has 0 N–H and O–H groups in total. The molecule has 0 unspecified atom stereocenters. The number of piperidine rings is 1. The molecule has 2 aromatic carbocycles. The van der Waals surface area contributed by atoms with Crippen molar-refractivity contribution in [3.63, 3.8) is 0 Å². The van der Waals surface area contributed by atoms with Crippen molar-refractivity contribution in [2.24, 2.45) is 0 Å². The molecule has 0 aromatic heterocycles. The molecule has 1 amide bonds. The van der Waals surface area contributed by atoms with E-state index in [1.165, 1.54) is 18.2 Å². The second-order valence-corrected chi connectivity index (χ2v) is 10.1. The summed E-state index contributed by atoms with van der Waals surface area (Å²) in [5.74, 6) is 0.0793. The summed E-state index contributed by atoms with van der Waals surface area (Å²) in [6.07, 6.45) is 3.69. The highest BCUT2D eigenvalue weighted by atomic mass is 19.1. The first-order chi connectivity index (χ1) is 17.0. The number of hydrogen-bond acceptors (Lipinski definition) is 4. The normalized spacial score (nSPS) is 22.8. The number of fused-ring (bicyclic) bond motifs is 3. The van der Waals surface area contributed by atoms with Crippen LogP contribution in [0.2, 0.25) is 0 Å². The number of halogens is 2. The molecule has 0 bridgehead atoms. The summed E-state index contributed by atoms with van der Waals surface area (Å²) < 4.78 is 27.8. The van der Waals surface area contributed by atoms with Gasteiger partial charge in [0.2, 0.25) is 5.91 Å². The van der Waals surface area contributed by atoms with E-state index in [0.29, 0.717) is 12.3 Å². The first-order valence-electron chi connectivity index (χ1n) is 13.1. The largest absolute Gasteiger partial charge is 0.340 e. The number of unbranched alkanes of at least 4 members (excludes halogenated alkanes) is 1. The molecule has 3 aliphatic rings. The number of nitrogens with zero attached hydrogens (tertiary/aromatic N) is 4. The van der Waals surface area contributed by atoms with E-state index in [0.717, 1.165) is 88.6 Å². The number of rotatable bonds is 7. The van der Waals surface area contributed by atoms with E-state index >= 15 is 0 Å². The lowest BCUT2D eigenvalue weighted by atomic mass is 9.89. The van der Waals surface area contributed by atoms with Crippen LogP contribution in [0.4, 0.5) is 20.2 Å². The van der Waals surface area contributed by atoms with Gasteiger partial charge in [0.1, 0.15) is 11.6 Å². The van der Waals surface area contributed by atoms with Gasteiger partial charge in [-0.15, -0.1) is 0 Å². The maximum absolute atomic E-state index is 14.2. The fraction of sp³-hybridized carbons (Fsp3) is 0.536. The number of hydrogen-bond donors (Lipinski definition) is 0. The van der Waals surface area contributed by atoms with Gasteiger partial charge in [-0.2, -0.15) is 0 Å². The summed E-state index contributed by atoms with van der Waals surface area (Å²) in [6, 6.07) is 12.0. The molecule has 3 aliphatic heterocycles. The van der Waals surface area contributed by atoms with Gasteiger partial charge >= 0.3 is 0 Å². The Balaban J connectivity index is 1.20. The van der Waals surface area contributed by atoms with Gasteiger partial charge in [0.05, 0.1) is 0 Å². The topological polar surface area (TPSA) is 30.0 Å². The SMILES string of the molecule is CCCCC(=O)N1CCN(CCN2CC[C@@H]3[C@@H](C2)c2cc(F)ccc2N3c2ccc(F)cc2)CC1. The Bertz CT molecular complexity index is 1020. The molecule has 2 aromatic rings. The second kappa shape index (κ2) is 10.6. The number of benzene rings is 2. The Morgan fingerprint density at radius 1 is 0.914 bits per heavy atom. The highest BCUT2D eigenvalue weighted by Gasteiger charge is 2.42. The van der Waals surface area contributed by atoms with Crippen molar-refractivity contribution in [1.82, 2.24) is 14.7 Å². The maximum atomic E-state index is 14.2. The third-order valence-electron chi connectivity index (χ3n) is 7.95. The zero-order valence-corrected chi connectivity index (χ0v) is 20.6. The number of piperazine rings is 1. The number of amides is 1. The van der Waals surface area contributed by atoms with Crippen molar-refractivity contribution in [1.29, 1.82) is 0 Å². The van der Waals surface area contributed by atoms with E-state index < -0.39 is 0 Å². The van der Waals surface area contributed by atoms with E-state index in [1.54, 1.807) is 6.07 Å². The molecule has 2 saturated heterocycles. The van der Waals surface area contributed by atoms with Gasteiger partial charge in [-0.1, -0.05) is 13.3 Å². The van der Waals surface area contributed by atoms with Crippen molar-refractivity contribution >= 4 is 17.3 Å². The van der Waals surface area contributed by atoms with Crippen molar-refractivity contribution in [2.45, 2.75) is 44.6 Å². The van der Waals surface area contributed by atoms with Gasteiger partial charge in [0.25, 0.3) is 0 Å². The standard InChI is InChI=1S/C28H36F2N4O/c1-2-3-4-28(35)33-17-15-31(16-18-33)13-14-32-12-11-27-25(20-32)24-19-22(30)7-10-26(24)34(27)23-8-5-21(29)6-9-23/h5-10,19,25,27H,2-4,11-18,20H2,1H3/t25-,27+/m0/s1. The highest BCUT2D eigenvalue weighted by Crippen LogP contribution is 2.48. The van der Waals surface area contributed by atoms with E-state index in [1.807, 2.05) is 23.1 Å². The first-order valence-corrected chi connectivity index (χ1v) is 13.1. The van der Waals surface area contributed by atoms with Crippen LogP contribution in [0.5, 0.6) is 0 Å². The number of likely N-dealkylation sites (tertiary alicyclic amines) is 1. The van der Waals surface area contributed by atoms with E-state index in [2.05, 4.69) is 21.6 Å². The van der Waals surface area contributed by atoms with Crippen LogP contribution in [0.1, 0.15) is 44.1 Å². The lowest BCUT2D eigenvalue weighted by Gasteiger charge is -2.40. The molecule has 2 fully saturated rings. The van der Waals surface area contributed by atoms with Gasteiger partial charge in [-0.3, -0.25) is 9.69 Å². The molecular formula is C28H36F2N4O. The zero-order chi connectivity index (χ0) is 24.4. The number of carbonyl (C=O) groups is 1. The summed E-state index contributed by atoms with van der Waals surface area (Å²) in [5, 5.41) is 0. The number of carbonyl (C=O) groups excluding carboxylic acids is 1. The Hall–Kier alpha value is -2.51. The number of anilines is 2. The predicted molar refractivity (Wildman–Crippen MR) is 135 cm³/mol. The Morgan fingerprint density at radius 3 is 2.37 bits per heavy atom. The maximum Gasteiger partial charge on any atom is 0.222 e. The Kier molecular flexibility index (Phi) is 7.35. The van der Waals surface area contributed by atoms with Crippen molar-refractivity contribution in [3.05, 3.63) is 59.7 Å². The van der Waals surface area contributed by atoms with E-state index in [9.17, 15) is 13.6 Å². The minimum Gasteiger partial charge on any atom is -0.340 e. The lowest BCUT2D eigenvalue weighted by molar-refractivity contribution is -0.133. The first kappa shape index (κ1) is 24.2. The third kappa shape index (κ3) is 5.21. The summed E-state index contributed by atoms with van der Waals surface area (Å²) >= 11 is 0. The van der Waals surface area contributed by atoms with Gasteiger partial charge < -0.3 is 14.7 Å². The summed E-state index contributed by atoms with van der Waals surface area (Å²) in [5.41, 5.74) is 3.06. The summed E-state index contributed by atoms with van der Waals surface area (Å²) in [7, 11) is 0. The molecule has 3 heterocycles. The molecule has 35 heavy (non-hydrogen) atoms. The fourth-order valence-corrected chi connectivity index (χ4v) is 5.97. The molecule has 0 saturated carbocycles. The van der Waals surface area contributed by atoms with Crippen LogP contribution in [-0.2, 0) is 4.79 Å². The molecular weight excluding hydrogens is 446 g/mol. The third-order valence-corrected chi connectivity index (χ3v) is 7.95. The summed E-state index contributed by atoms with van der Waals surface area (Å²) in [6.45, 7) is 9.50. The lowest BCUT2D eigenvalue weighted by Crippen LogP contribution is -2.51. The average Bonchev–Trinajstić information content (AvgIpc) is 3.19. The molecule has 188 valence electrons. The van der Waals surface area contributed by atoms with Crippen molar-refractivity contribution in [2.75, 3.05) is 57.3 Å². The molecule has 5 rings (SSSR count). The van der Waals surface area contributed by atoms with Gasteiger partial charge in [0.15, 0.2) is 0 Å². The van der Waals surface area contributed by atoms with Gasteiger partial charge in [-0.05, 0) is 60.9 Å². The van der Waals surface area contributed by atoms with Gasteiger partial charge in [0, 0.05) is 82.1 Å². The van der Waals surface area contributed by atoms with Crippen molar-refractivity contribution < 1.29 is 13.6 Å². The quantitative estimate of drug-likeness (QED) is 0.577. The predicted octanol–water partition coefficient (Wildman–Crippen LogP) is 4.61. The van der Waals surface area contributed by atoms with E-state index in [-0.39, 0.29) is 23.6 Å². The van der Waals surface area contributed by atoms with Gasteiger partial charge in [-0.25, -0.2) is 8.78 Å². The minimum absolute atomic E-state index is 0.202. The van der Waals surface area contributed by atoms with Crippen LogP contribution >= 0.6 is 0 Å². The van der Waals surface area contributed by atoms with Crippen molar-refractivity contribution in [3.8, 4) is 0 Å². The fourth-order valence-electron chi connectivity index (χ4n) is 5.97. The molecule has 5 nitrogen and oxygen atoms in total. The smallest absolute Gasteiger partial charge is 0.222 e. The average molecular weight is 483 g/mol. The highest BCUT2D eigenvalue weighted by molar-refractivity contribution is 5.76. The van der Waals surface area contributed by atoms with E-state index in [4.69, 9.17) is 0 Å². The molecule has 0 spiro atoms. The monoisotopic (exact) mass is 482 g/mol. The van der Waals surface area contributed by atoms with Crippen LogP contribution in [0, 0.1) is 11.6 Å². The Labute approximate surface area is 207 Å². The van der Waals surface area contributed by atoms with Crippen LogP contribution in [0.25, 0.3) is 0 Å². The molecule has 0 radical (unpaired) electrons. The van der Waals surface area contributed by atoms with Crippen LogP contribution in [-0.4, -0.2) is 79.0 Å². The molecule has 0 aliphatic carbocycles. The minimum atomic E-state index is -0.246. The van der Waals surface area contributed by atoms with Crippen LogP contribution in [0.15, 0.2) is 42.5 Å².